The lowest BCUT2D eigenvalue weighted by atomic mass is 10.0. The Morgan fingerprint density at radius 1 is 1.18 bits per heavy atom. The summed E-state index contributed by atoms with van der Waals surface area (Å²) in [6.45, 7) is 9.34. The third-order valence-electron chi connectivity index (χ3n) is 4.15. The fourth-order valence-electron chi connectivity index (χ4n) is 3.09. The zero-order valence-electron chi connectivity index (χ0n) is 12.1. The lowest BCUT2D eigenvalue weighted by molar-refractivity contribution is 0.176. The van der Waals surface area contributed by atoms with Crippen molar-refractivity contribution in [3.63, 3.8) is 0 Å². The third-order valence-corrected chi connectivity index (χ3v) is 4.15. The highest BCUT2D eigenvalue weighted by molar-refractivity contribution is 4.77. The second-order valence-corrected chi connectivity index (χ2v) is 6.04. The molecule has 1 rings (SSSR count). The highest BCUT2D eigenvalue weighted by atomic mass is 15.2. The van der Waals surface area contributed by atoms with Crippen LogP contribution in [0.3, 0.4) is 0 Å². The molecule has 0 aromatic carbocycles. The van der Waals surface area contributed by atoms with Crippen molar-refractivity contribution in [3.05, 3.63) is 0 Å². The molecular weight excluding hydrogens is 208 g/mol. The summed E-state index contributed by atoms with van der Waals surface area (Å²) in [4.78, 5) is 2.71. The second kappa shape index (κ2) is 8.10. The van der Waals surface area contributed by atoms with Gasteiger partial charge < -0.3 is 10.6 Å². The smallest absolute Gasteiger partial charge is 0.00952 e. The molecule has 0 aliphatic heterocycles. The predicted molar refractivity (Wildman–Crippen MR) is 76.2 cm³/mol. The van der Waals surface area contributed by atoms with E-state index >= 15 is 0 Å². The molecule has 2 N–H and O–H groups in total. The molecule has 0 radical (unpaired) electrons. The number of hydrogen-bond donors (Lipinski definition) is 1. The van der Waals surface area contributed by atoms with Crippen molar-refractivity contribution in [2.24, 2.45) is 11.7 Å². The minimum atomic E-state index is 0.374. The molecule has 0 heterocycles. The first-order chi connectivity index (χ1) is 8.13. The summed E-state index contributed by atoms with van der Waals surface area (Å²) in [5, 5.41) is 0. The van der Waals surface area contributed by atoms with Crippen molar-refractivity contribution in [2.45, 2.75) is 77.8 Å². The van der Waals surface area contributed by atoms with Crippen molar-refractivity contribution in [3.8, 4) is 0 Å². The van der Waals surface area contributed by atoms with E-state index < -0.39 is 0 Å². The van der Waals surface area contributed by atoms with Crippen molar-refractivity contribution >= 4 is 0 Å². The summed E-state index contributed by atoms with van der Waals surface area (Å²) < 4.78 is 0. The van der Waals surface area contributed by atoms with E-state index in [4.69, 9.17) is 5.73 Å². The highest BCUT2D eigenvalue weighted by Gasteiger charge is 2.22. The first kappa shape index (κ1) is 15.0. The summed E-state index contributed by atoms with van der Waals surface area (Å²) in [6.07, 6.45) is 9.56. The Hall–Kier alpha value is -0.0800. The average Bonchev–Trinajstić information content (AvgIpc) is 2.78. The molecule has 2 atom stereocenters. The molecule has 1 aliphatic rings. The molecule has 0 saturated heterocycles. The summed E-state index contributed by atoms with van der Waals surface area (Å²) in [5.74, 6) is 0.828. The van der Waals surface area contributed by atoms with Crippen LogP contribution in [0.1, 0.15) is 65.7 Å². The van der Waals surface area contributed by atoms with Gasteiger partial charge in [0.1, 0.15) is 0 Å². The van der Waals surface area contributed by atoms with Crippen molar-refractivity contribution < 1.29 is 0 Å². The van der Waals surface area contributed by atoms with E-state index in [1.807, 2.05) is 0 Å². The van der Waals surface area contributed by atoms with Crippen LogP contribution < -0.4 is 5.73 Å². The topological polar surface area (TPSA) is 29.3 Å². The maximum atomic E-state index is 5.80. The maximum Gasteiger partial charge on any atom is 0.00952 e. The molecule has 0 aromatic rings. The van der Waals surface area contributed by atoms with E-state index in [0.29, 0.717) is 6.04 Å². The number of nitrogens with two attached hydrogens (primary N) is 1. The van der Waals surface area contributed by atoms with E-state index in [1.54, 1.807) is 0 Å². The van der Waals surface area contributed by atoms with Crippen LogP contribution in [0, 0.1) is 5.92 Å². The molecule has 0 amide bonds. The van der Waals surface area contributed by atoms with Gasteiger partial charge in [0.2, 0.25) is 0 Å². The molecule has 102 valence electrons. The van der Waals surface area contributed by atoms with Crippen LogP contribution in [0.2, 0.25) is 0 Å². The molecule has 0 spiro atoms. The largest absolute Gasteiger partial charge is 0.328 e. The van der Waals surface area contributed by atoms with Gasteiger partial charge in [-0.3, -0.25) is 0 Å². The van der Waals surface area contributed by atoms with E-state index in [0.717, 1.165) is 12.0 Å². The van der Waals surface area contributed by atoms with E-state index in [9.17, 15) is 0 Å². The van der Waals surface area contributed by atoms with Crippen LogP contribution in [-0.4, -0.2) is 30.1 Å². The quantitative estimate of drug-likeness (QED) is 0.704. The van der Waals surface area contributed by atoms with Crippen LogP contribution in [0.15, 0.2) is 0 Å². The summed E-state index contributed by atoms with van der Waals surface area (Å²) in [5.41, 5.74) is 5.80. The summed E-state index contributed by atoms with van der Waals surface area (Å²) >= 11 is 0. The molecule has 1 saturated carbocycles. The van der Waals surface area contributed by atoms with E-state index in [-0.39, 0.29) is 0 Å². The summed E-state index contributed by atoms with van der Waals surface area (Å²) in [7, 11) is 0. The molecule has 2 nitrogen and oxygen atoms in total. The van der Waals surface area contributed by atoms with Crippen molar-refractivity contribution in [1.29, 1.82) is 0 Å². The van der Waals surface area contributed by atoms with Crippen LogP contribution in [-0.2, 0) is 0 Å². The first-order valence-corrected chi connectivity index (χ1v) is 7.63. The molecular formula is C15H32N2. The molecule has 2 unspecified atom stereocenters. The normalized spacial score (nSPS) is 21.0. The number of hydrogen-bond acceptors (Lipinski definition) is 2. The second-order valence-electron chi connectivity index (χ2n) is 6.04. The monoisotopic (exact) mass is 240 g/mol. The van der Waals surface area contributed by atoms with Gasteiger partial charge in [-0.05, 0) is 45.1 Å². The SMILES string of the molecule is CCN(CC(C)CCCC(C)N)C1CCCC1. The fraction of sp³-hybridized carbons (Fsp3) is 1.00. The minimum Gasteiger partial charge on any atom is -0.328 e. The minimum absolute atomic E-state index is 0.374. The van der Waals surface area contributed by atoms with Gasteiger partial charge in [0.25, 0.3) is 0 Å². The fourth-order valence-corrected chi connectivity index (χ4v) is 3.09. The lowest BCUT2D eigenvalue weighted by Gasteiger charge is -2.30. The lowest BCUT2D eigenvalue weighted by Crippen LogP contribution is -2.36. The Balaban J connectivity index is 2.19. The van der Waals surface area contributed by atoms with Crippen LogP contribution in [0.5, 0.6) is 0 Å². The van der Waals surface area contributed by atoms with Gasteiger partial charge in [-0.25, -0.2) is 0 Å². The maximum absolute atomic E-state index is 5.80. The molecule has 2 heteroatoms. The first-order valence-electron chi connectivity index (χ1n) is 7.63. The predicted octanol–water partition coefficient (Wildman–Crippen LogP) is 3.40. The van der Waals surface area contributed by atoms with Gasteiger partial charge in [0.05, 0.1) is 0 Å². The van der Waals surface area contributed by atoms with Gasteiger partial charge in [-0.2, -0.15) is 0 Å². The van der Waals surface area contributed by atoms with Crippen LogP contribution >= 0.6 is 0 Å². The van der Waals surface area contributed by atoms with Gasteiger partial charge in [0, 0.05) is 18.6 Å². The van der Waals surface area contributed by atoms with Gasteiger partial charge in [-0.1, -0.05) is 33.1 Å². The van der Waals surface area contributed by atoms with Crippen molar-refractivity contribution in [1.82, 2.24) is 4.90 Å². The molecule has 0 bridgehead atoms. The van der Waals surface area contributed by atoms with Crippen LogP contribution in [0.4, 0.5) is 0 Å². The van der Waals surface area contributed by atoms with E-state index in [1.165, 1.54) is 58.0 Å². The zero-order valence-corrected chi connectivity index (χ0v) is 12.1. The number of rotatable bonds is 8. The Morgan fingerprint density at radius 2 is 1.82 bits per heavy atom. The molecule has 1 fully saturated rings. The summed E-state index contributed by atoms with van der Waals surface area (Å²) in [6, 6.07) is 1.26. The van der Waals surface area contributed by atoms with Gasteiger partial charge >= 0.3 is 0 Å². The molecule has 1 aliphatic carbocycles. The van der Waals surface area contributed by atoms with Gasteiger partial charge in [-0.15, -0.1) is 0 Å². The van der Waals surface area contributed by atoms with Crippen molar-refractivity contribution in [2.75, 3.05) is 13.1 Å². The molecule has 17 heavy (non-hydrogen) atoms. The average molecular weight is 240 g/mol. The van der Waals surface area contributed by atoms with E-state index in [2.05, 4.69) is 25.7 Å². The molecule has 0 aromatic heterocycles. The third kappa shape index (κ3) is 5.87. The Kier molecular flexibility index (Phi) is 7.14. The Bertz CT molecular complexity index is 185. The Labute approximate surface area is 108 Å². The van der Waals surface area contributed by atoms with Crippen LogP contribution in [0.25, 0.3) is 0 Å². The van der Waals surface area contributed by atoms with Gasteiger partial charge in [0.15, 0.2) is 0 Å². The number of nitrogens with zero attached hydrogens (tertiary/aromatic N) is 1. The standard InChI is InChI=1S/C15H32N2/c1-4-17(15-10-5-6-11-15)12-13(2)8-7-9-14(3)16/h13-15H,4-12,16H2,1-3H3. The Morgan fingerprint density at radius 3 is 2.35 bits per heavy atom. The zero-order chi connectivity index (χ0) is 12.7. The highest BCUT2D eigenvalue weighted by Crippen LogP contribution is 2.24.